The van der Waals surface area contributed by atoms with Gasteiger partial charge in [0, 0.05) is 17.7 Å². The van der Waals surface area contributed by atoms with Gasteiger partial charge in [0.1, 0.15) is 5.82 Å². The van der Waals surface area contributed by atoms with Crippen LogP contribution in [0.15, 0.2) is 0 Å². The topological polar surface area (TPSA) is 92.0 Å². The largest absolute Gasteiger partial charge is 0.481 e. The number of nitrogen functional groups attached to an aromatic ring is 1. The van der Waals surface area contributed by atoms with Crippen molar-refractivity contribution in [2.75, 3.05) is 5.73 Å². The van der Waals surface area contributed by atoms with E-state index in [1.54, 1.807) is 0 Å². The van der Waals surface area contributed by atoms with E-state index in [2.05, 4.69) is 10.2 Å². The van der Waals surface area contributed by atoms with E-state index >= 15 is 0 Å². The summed E-state index contributed by atoms with van der Waals surface area (Å²) < 4.78 is 0. The van der Waals surface area contributed by atoms with Crippen molar-refractivity contribution in [3.8, 4) is 0 Å². The molecule has 0 unspecified atom stereocenters. The van der Waals surface area contributed by atoms with Gasteiger partial charge in [-0.25, -0.2) is 0 Å². The van der Waals surface area contributed by atoms with Gasteiger partial charge < -0.3 is 10.8 Å². The molecule has 0 aliphatic heterocycles. The maximum Gasteiger partial charge on any atom is 0.303 e. The number of anilines is 1. The fourth-order valence-corrected chi connectivity index (χ4v) is 1.02. The summed E-state index contributed by atoms with van der Waals surface area (Å²) in [7, 11) is 0. The molecule has 0 bridgehead atoms. The molecule has 0 aliphatic rings. The third-order valence-electron chi connectivity index (χ3n) is 1.69. The Kier molecular flexibility index (Phi) is 2.32. The molecule has 1 rings (SSSR count). The van der Waals surface area contributed by atoms with Crippen LogP contribution < -0.4 is 5.73 Å². The first-order chi connectivity index (χ1) is 5.61. The number of rotatable bonds is 3. The highest BCUT2D eigenvalue weighted by molar-refractivity contribution is 5.67. The Morgan fingerprint density at radius 1 is 1.75 bits per heavy atom. The van der Waals surface area contributed by atoms with E-state index in [0.717, 1.165) is 11.3 Å². The Morgan fingerprint density at radius 3 is 2.83 bits per heavy atom. The number of carbonyl (C=O) groups is 1. The number of aliphatic carboxylic acids is 1. The maximum atomic E-state index is 10.2. The summed E-state index contributed by atoms with van der Waals surface area (Å²) in [4.78, 5) is 10.2. The Labute approximate surface area is 69.6 Å². The van der Waals surface area contributed by atoms with Crippen LogP contribution in [-0.2, 0) is 11.2 Å². The Hall–Kier alpha value is -1.52. The van der Waals surface area contributed by atoms with Crippen LogP contribution in [0.1, 0.15) is 17.7 Å². The van der Waals surface area contributed by atoms with Crippen LogP contribution in [0, 0.1) is 6.92 Å². The lowest BCUT2D eigenvalue weighted by Gasteiger charge is -1.96. The second-order valence-corrected chi connectivity index (χ2v) is 2.61. The molecule has 0 amide bonds. The molecular formula is C7H11N3O2. The number of hydrogen-bond donors (Lipinski definition) is 3. The molecule has 1 aromatic heterocycles. The van der Waals surface area contributed by atoms with E-state index in [1.165, 1.54) is 0 Å². The summed E-state index contributed by atoms with van der Waals surface area (Å²) in [5, 5.41) is 14.9. The van der Waals surface area contributed by atoms with E-state index in [0.29, 0.717) is 12.2 Å². The summed E-state index contributed by atoms with van der Waals surface area (Å²) in [5.41, 5.74) is 7.14. The molecule has 0 saturated heterocycles. The number of nitrogens with one attached hydrogen (secondary N) is 1. The molecule has 0 spiro atoms. The van der Waals surface area contributed by atoms with Crippen LogP contribution in [0.2, 0.25) is 0 Å². The van der Waals surface area contributed by atoms with Gasteiger partial charge in [-0.1, -0.05) is 0 Å². The number of hydrogen-bond acceptors (Lipinski definition) is 3. The predicted molar refractivity (Wildman–Crippen MR) is 43.7 cm³/mol. The Morgan fingerprint density at radius 2 is 2.42 bits per heavy atom. The van der Waals surface area contributed by atoms with Crippen LogP contribution >= 0.6 is 0 Å². The van der Waals surface area contributed by atoms with Gasteiger partial charge in [-0.3, -0.25) is 9.89 Å². The number of carboxylic acids is 1. The van der Waals surface area contributed by atoms with Gasteiger partial charge in [0.25, 0.3) is 0 Å². The fraction of sp³-hybridized carbons (Fsp3) is 0.429. The quantitative estimate of drug-likeness (QED) is 0.607. The van der Waals surface area contributed by atoms with Gasteiger partial charge >= 0.3 is 5.97 Å². The van der Waals surface area contributed by atoms with E-state index in [4.69, 9.17) is 10.8 Å². The van der Waals surface area contributed by atoms with Gasteiger partial charge in [-0.05, 0) is 13.3 Å². The molecule has 0 aliphatic carbocycles. The number of H-pyrrole nitrogens is 1. The van der Waals surface area contributed by atoms with E-state index in [1.807, 2.05) is 6.92 Å². The zero-order valence-corrected chi connectivity index (χ0v) is 6.79. The lowest BCUT2D eigenvalue weighted by Crippen LogP contribution is -2.00. The molecule has 0 atom stereocenters. The molecule has 66 valence electrons. The molecule has 0 saturated carbocycles. The van der Waals surface area contributed by atoms with Crippen molar-refractivity contribution in [3.63, 3.8) is 0 Å². The Bertz CT molecular complexity index is 273. The third-order valence-corrected chi connectivity index (χ3v) is 1.69. The van der Waals surface area contributed by atoms with Crippen LogP contribution in [0.4, 0.5) is 5.82 Å². The highest BCUT2D eigenvalue weighted by atomic mass is 16.4. The van der Waals surface area contributed by atoms with Crippen LogP contribution in [0.5, 0.6) is 0 Å². The van der Waals surface area contributed by atoms with Crippen molar-refractivity contribution in [3.05, 3.63) is 11.3 Å². The first-order valence-electron chi connectivity index (χ1n) is 3.62. The van der Waals surface area contributed by atoms with Crippen LogP contribution in [-0.4, -0.2) is 21.3 Å². The minimum absolute atomic E-state index is 0.0879. The number of aryl methyl sites for hydroxylation is 1. The van der Waals surface area contributed by atoms with Crippen LogP contribution in [0.25, 0.3) is 0 Å². The van der Waals surface area contributed by atoms with Gasteiger partial charge in [-0.15, -0.1) is 0 Å². The van der Waals surface area contributed by atoms with E-state index < -0.39 is 5.97 Å². The van der Waals surface area contributed by atoms with Gasteiger partial charge in [0.15, 0.2) is 0 Å². The minimum atomic E-state index is -0.824. The first kappa shape index (κ1) is 8.58. The SMILES string of the molecule is Cc1[nH]nc(N)c1CCC(=O)O. The van der Waals surface area contributed by atoms with E-state index in [-0.39, 0.29) is 6.42 Å². The molecule has 1 aromatic rings. The Balaban J connectivity index is 2.68. The molecule has 4 N–H and O–H groups in total. The molecule has 0 aromatic carbocycles. The number of carboxylic acid groups (broad SMARTS) is 1. The summed E-state index contributed by atoms with van der Waals surface area (Å²) in [6.07, 6.45) is 0.522. The van der Waals surface area contributed by atoms with Gasteiger partial charge in [0.05, 0.1) is 0 Å². The van der Waals surface area contributed by atoms with Crippen molar-refractivity contribution in [1.29, 1.82) is 0 Å². The second kappa shape index (κ2) is 3.25. The highest BCUT2D eigenvalue weighted by Gasteiger charge is 2.08. The smallest absolute Gasteiger partial charge is 0.303 e. The van der Waals surface area contributed by atoms with Crippen LogP contribution in [0.3, 0.4) is 0 Å². The average molecular weight is 169 g/mol. The number of nitrogens with zero attached hydrogens (tertiary/aromatic N) is 1. The first-order valence-corrected chi connectivity index (χ1v) is 3.62. The van der Waals surface area contributed by atoms with Gasteiger partial charge in [-0.2, -0.15) is 5.10 Å². The van der Waals surface area contributed by atoms with Crippen molar-refractivity contribution in [2.45, 2.75) is 19.8 Å². The summed E-state index contributed by atoms with van der Waals surface area (Å²) in [6.45, 7) is 1.82. The maximum absolute atomic E-state index is 10.2. The minimum Gasteiger partial charge on any atom is -0.481 e. The third kappa shape index (κ3) is 1.75. The average Bonchev–Trinajstić information content (AvgIpc) is 2.28. The van der Waals surface area contributed by atoms with Crippen molar-refractivity contribution < 1.29 is 9.90 Å². The summed E-state index contributed by atoms with van der Waals surface area (Å²) in [6, 6.07) is 0. The van der Waals surface area contributed by atoms with Crippen molar-refractivity contribution in [2.24, 2.45) is 0 Å². The van der Waals surface area contributed by atoms with Crippen molar-refractivity contribution >= 4 is 11.8 Å². The summed E-state index contributed by atoms with van der Waals surface area (Å²) in [5.74, 6) is -0.427. The van der Waals surface area contributed by atoms with E-state index in [9.17, 15) is 4.79 Å². The molecule has 5 heteroatoms. The molecule has 1 heterocycles. The highest BCUT2D eigenvalue weighted by Crippen LogP contribution is 2.13. The molecule has 0 radical (unpaired) electrons. The molecule has 0 fully saturated rings. The monoisotopic (exact) mass is 169 g/mol. The lowest BCUT2D eigenvalue weighted by molar-refractivity contribution is -0.136. The standard InChI is InChI=1S/C7H11N3O2/c1-4-5(2-3-6(11)12)7(8)10-9-4/h2-3H2,1H3,(H,11,12)(H3,8,9,10). The summed E-state index contributed by atoms with van der Waals surface area (Å²) >= 11 is 0. The fourth-order valence-electron chi connectivity index (χ4n) is 1.02. The zero-order chi connectivity index (χ0) is 9.14. The molecular weight excluding hydrogens is 158 g/mol. The second-order valence-electron chi connectivity index (χ2n) is 2.61. The lowest BCUT2D eigenvalue weighted by atomic mass is 10.1. The van der Waals surface area contributed by atoms with Crippen molar-refractivity contribution in [1.82, 2.24) is 10.2 Å². The molecule has 5 nitrogen and oxygen atoms in total. The number of nitrogens with two attached hydrogens (primary N) is 1. The number of aromatic nitrogens is 2. The number of aromatic amines is 1. The molecule has 12 heavy (non-hydrogen) atoms. The van der Waals surface area contributed by atoms with Gasteiger partial charge in [0.2, 0.25) is 0 Å². The zero-order valence-electron chi connectivity index (χ0n) is 6.79. The predicted octanol–water partition coefficient (Wildman–Crippen LogP) is 0.318. The normalized spacial score (nSPS) is 10.1.